The molecule has 4 nitrogen and oxygen atoms in total. The molecule has 1 aliphatic heterocycles. The molecule has 3 N–H and O–H groups in total. The second-order valence-electron chi connectivity index (χ2n) is 6.17. The number of nitrogens with zero attached hydrogens (tertiary/aromatic N) is 1. The standard InChI is InChI=1S/C17H27N3O/c1-13(2)20(12-15-9-6-10-19-15)17(21)16(18)11-14-7-4-3-5-8-14/h3-5,7-8,13,15-16,19H,6,9-12,18H2,1-2H3/t15-,16+/m0/s1. The number of hydrogen-bond donors (Lipinski definition) is 2. The Morgan fingerprint density at radius 1 is 1.38 bits per heavy atom. The van der Waals surface area contributed by atoms with E-state index >= 15 is 0 Å². The minimum Gasteiger partial charge on any atom is -0.337 e. The molecule has 0 saturated carbocycles. The molecular formula is C17H27N3O. The van der Waals surface area contributed by atoms with Crippen LogP contribution >= 0.6 is 0 Å². The summed E-state index contributed by atoms with van der Waals surface area (Å²) in [5.74, 6) is 0.0579. The molecule has 1 aromatic carbocycles. The van der Waals surface area contributed by atoms with Gasteiger partial charge in [-0.2, -0.15) is 0 Å². The van der Waals surface area contributed by atoms with Crippen LogP contribution in [0.15, 0.2) is 30.3 Å². The van der Waals surface area contributed by atoms with Crippen LogP contribution < -0.4 is 11.1 Å². The maximum absolute atomic E-state index is 12.6. The van der Waals surface area contributed by atoms with Gasteiger partial charge in [0.25, 0.3) is 0 Å². The second-order valence-corrected chi connectivity index (χ2v) is 6.17. The summed E-state index contributed by atoms with van der Waals surface area (Å²) in [6.07, 6.45) is 2.94. The van der Waals surface area contributed by atoms with Crippen LogP contribution in [0.3, 0.4) is 0 Å². The molecule has 4 heteroatoms. The molecule has 0 unspecified atom stereocenters. The quantitative estimate of drug-likeness (QED) is 0.835. The highest BCUT2D eigenvalue weighted by Crippen LogP contribution is 2.12. The Morgan fingerprint density at radius 3 is 2.67 bits per heavy atom. The van der Waals surface area contributed by atoms with Crippen molar-refractivity contribution >= 4 is 5.91 Å². The number of hydrogen-bond acceptors (Lipinski definition) is 3. The van der Waals surface area contributed by atoms with Crippen molar-refractivity contribution in [3.63, 3.8) is 0 Å². The van der Waals surface area contributed by atoms with Crippen LogP contribution in [0, 0.1) is 0 Å². The van der Waals surface area contributed by atoms with Crippen LogP contribution in [0.25, 0.3) is 0 Å². The number of carbonyl (C=O) groups is 1. The molecule has 1 saturated heterocycles. The molecule has 0 spiro atoms. The number of nitrogens with one attached hydrogen (secondary N) is 1. The third-order valence-corrected chi connectivity index (χ3v) is 4.10. The lowest BCUT2D eigenvalue weighted by atomic mass is 10.0. The Hall–Kier alpha value is -1.39. The largest absolute Gasteiger partial charge is 0.337 e. The number of carbonyl (C=O) groups excluding carboxylic acids is 1. The maximum Gasteiger partial charge on any atom is 0.240 e. The van der Waals surface area contributed by atoms with Crippen LogP contribution in [0.5, 0.6) is 0 Å². The summed E-state index contributed by atoms with van der Waals surface area (Å²) in [6.45, 7) is 5.93. The van der Waals surface area contributed by atoms with Gasteiger partial charge in [0.1, 0.15) is 0 Å². The van der Waals surface area contributed by atoms with E-state index in [1.54, 1.807) is 0 Å². The molecule has 0 radical (unpaired) electrons. The molecule has 0 aromatic heterocycles. The predicted octanol–water partition coefficient (Wildman–Crippen LogP) is 1.55. The van der Waals surface area contributed by atoms with Gasteiger partial charge in [-0.1, -0.05) is 30.3 Å². The fourth-order valence-electron chi connectivity index (χ4n) is 2.87. The molecule has 21 heavy (non-hydrogen) atoms. The van der Waals surface area contributed by atoms with E-state index in [1.807, 2.05) is 35.2 Å². The summed E-state index contributed by atoms with van der Waals surface area (Å²) in [5, 5.41) is 3.45. The first-order valence-corrected chi connectivity index (χ1v) is 7.91. The van der Waals surface area contributed by atoms with Crippen LogP contribution in [0.1, 0.15) is 32.3 Å². The van der Waals surface area contributed by atoms with Crippen LogP contribution in [0.2, 0.25) is 0 Å². The van der Waals surface area contributed by atoms with E-state index in [9.17, 15) is 4.79 Å². The third kappa shape index (κ3) is 4.55. The monoisotopic (exact) mass is 289 g/mol. The highest BCUT2D eigenvalue weighted by Gasteiger charge is 2.27. The van der Waals surface area contributed by atoms with Crippen LogP contribution in [-0.2, 0) is 11.2 Å². The maximum atomic E-state index is 12.6. The smallest absolute Gasteiger partial charge is 0.240 e. The van der Waals surface area contributed by atoms with Crippen molar-refractivity contribution in [3.8, 4) is 0 Å². The van der Waals surface area contributed by atoms with Crippen molar-refractivity contribution in [3.05, 3.63) is 35.9 Å². The molecule has 0 aliphatic carbocycles. The Bertz CT molecular complexity index is 441. The zero-order valence-electron chi connectivity index (χ0n) is 13.1. The molecule has 1 aliphatic rings. The average molecular weight is 289 g/mol. The van der Waals surface area contributed by atoms with Gasteiger partial charge in [-0.3, -0.25) is 4.79 Å². The zero-order valence-corrected chi connectivity index (χ0v) is 13.1. The van der Waals surface area contributed by atoms with E-state index in [0.717, 1.165) is 25.1 Å². The Labute approximate surface area is 127 Å². The van der Waals surface area contributed by atoms with E-state index in [2.05, 4.69) is 19.2 Å². The van der Waals surface area contributed by atoms with Gasteiger partial charge in [-0.05, 0) is 45.2 Å². The second kappa shape index (κ2) is 7.57. The van der Waals surface area contributed by atoms with Gasteiger partial charge in [0.2, 0.25) is 5.91 Å². The van der Waals surface area contributed by atoms with E-state index in [4.69, 9.17) is 5.73 Å². The van der Waals surface area contributed by atoms with Gasteiger partial charge in [0.05, 0.1) is 6.04 Å². The SMILES string of the molecule is CC(C)N(C[C@@H]1CCCN1)C(=O)[C@H](N)Cc1ccccc1. The summed E-state index contributed by atoms with van der Waals surface area (Å²) in [7, 11) is 0. The first-order valence-electron chi connectivity index (χ1n) is 7.91. The molecule has 1 amide bonds. The highest BCUT2D eigenvalue weighted by atomic mass is 16.2. The minimum absolute atomic E-state index is 0.0579. The van der Waals surface area contributed by atoms with Gasteiger partial charge in [-0.25, -0.2) is 0 Å². The summed E-state index contributed by atoms with van der Waals surface area (Å²) >= 11 is 0. The molecule has 2 atom stereocenters. The average Bonchev–Trinajstić information content (AvgIpc) is 2.98. The number of nitrogens with two attached hydrogens (primary N) is 1. The van der Waals surface area contributed by atoms with Crippen molar-refractivity contribution in [2.45, 2.75) is 51.2 Å². The lowest BCUT2D eigenvalue weighted by Crippen LogP contribution is -2.51. The van der Waals surface area contributed by atoms with Crippen molar-refractivity contribution in [1.82, 2.24) is 10.2 Å². The fraction of sp³-hybridized carbons (Fsp3) is 0.588. The molecule has 1 aromatic rings. The van der Waals surface area contributed by atoms with E-state index < -0.39 is 6.04 Å². The van der Waals surface area contributed by atoms with Crippen molar-refractivity contribution in [2.75, 3.05) is 13.1 Å². The van der Waals surface area contributed by atoms with Crippen molar-refractivity contribution in [2.24, 2.45) is 5.73 Å². The Balaban J connectivity index is 1.96. The Kier molecular flexibility index (Phi) is 5.76. The third-order valence-electron chi connectivity index (χ3n) is 4.10. The van der Waals surface area contributed by atoms with E-state index in [0.29, 0.717) is 12.5 Å². The van der Waals surface area contributed by atoms with Crippen LogP contribution in [-0.4, -0.2) is 42.0 Å². The fourth-order valence-corrected chi connectivity index (χ4v) is 2.87. The van der Waals surface area contributed by atoms with Gasteiger partial charge >= 0.3 is 0 Å². The molecule has 116 valence electrons. The van der Waals surface area contributed by atoms with Gasteiger partial charge in [0.15, 0.2) is 0 Å². The Morgan fingerprint density at radius 2 is 2.10 bits per heavy atom. The first kappa shape index (κ1) is 16.0. The number of benzene rings is 1. The normalized spacial score (nSPS) is 19.7. The molecular weight excluding hydrogens is 262 g/mol. The molecule has 1 fully saturated rings. The van der Waals surface area contributed by atoms with Crippen LogP contribution in [0.4, 0.5) is 0 Å². The zero-order chi connectivity index (χ0) is 15.2. The van der Waals surface area contributed by atoms with Crippen molar-refractivity contribution in [1.29, 1.82) is 0 Å². The summed E-state index contributed by atoms with van der Waals surface area (Å²) < 4.78 is 0. The molecule has 2 rings (SSSR count). The van der Waals surface area contributed by atoms with Crippen molar-refractivity contribution < 1.29 is 4.79 Å². The predicted molar refractivity (Wildman–Crippen MR) is 86.0 cm³/mol. The number of amides is 1. The highest BCUT2D eigenvalue weighted by molar-refractivity contribution is 5.82. The lowest BCUT2D eigenvalue weighted by molar-refractivity contribution is -0.134. The first-order chi connectivity index (χ1) is 10.1. The van der Waals surface area contributed by atoms with Gasteiger partial charge in [-0.15, -0.1) is 0 Å². The summed E-state index contributed by atoms with van der Waals surface area (Å²) in [6, 6.07) is 10.1. The number of rotatable bonds is 6. The van der Waals surface area contributed by atoms with E-state index in [-0.39, 0.29) is 11.9 Å². The van der Waals surface area contributed by atoms with Gasteiger partial charge in [0, 0.05) is 18.6 Å². The molecule has 0 bridgehead atoms. The minimum atomic E-state index is -0.462. The van der Waals surface area contributed by atoms with Gasteiger partial charge < -0.3 is 16.0 Å². The molecule has 1 heterocycles. The topological polar surface area (TPSA) is 58.4 Å². The lowest BCUT2D eigenvalue weighted by Gasteiger charge is -2.31. The van der Waals surface area contributed by atoms with E-state index in [1.165, 1.54) is 6.42 Å². The summed E-state index contributed by atoms with van der Waals surface area (Å²) in [4.78, 5) is 14.6. The summed E-state index contributed by atoms with van der Waals surface area (Å²) in [5.41, 5.74) is 7.26.